The van der Waals surface area contributed by atoms with Gasteiger partial charge in [0.15, 0.2) is 0 Å². The monoisotopic (exact) mass is 282 g/mol. The molecule has 1 aliphatic rings. The predicted molar refractivity (Wildman–Crippen MR) is 76.2 cm³/mol. The Labute approximate surface area is 118 Å². The maximum atomic E-state index is 12.0. The number of nitrogens with two attached hydrogens (primary N) is 1. The molecule has 0 atom stereocenters. The molecule has 1 aromatic rings. The van der Waals surface area contributed by atoms with Gasteiger partial charge in [0.2, 0.25) is 0 Å². The Bertz CT molecular complexity index is 509. The van der Waals surface area contributed by atoms with Gasteiger partial charge < -0.3 is 15.4 Å². The number of hydrogen-bond donors (Lipinski definition) is 1. The SMILES string of the molecule is CC(C)(C)OC(=O)N1CCc2cc(Cl)c(N)cc2C1. The van der Waals surface area contributed by atoms with Crippen LogP contribution in [0.4, 0.5) is 10.5 Å². The van der Waals surface area contributed by atoms with Gasteiger partial charge >= 0.3 is 6.09 Å². The van der Waals surface area contributed by atoms with Crippen molar-refractivity contribution in [1.29, 1.82) is 0 Å². The van der Waals surface area contributed by atoms with Gasteiger partial charge in [-0.3, -0.25) is 0 Å². The second-order valence-corrected chi connectivity index (χ2v) is 6.20. The van der Waals surface area contributed by atoms with Crippen molar-refractivity contribution < 1.29 is 9.53 Å². The Balaban J connectivity index is 2.14. The maximum Gasteiger partial charge on any atom is 0.410 e. The molecule has 0 spiro atoms. The van der Waals surface area contributed by atoms with Crippen LogP contribution in [0.2, 0.25) is 5.02 Å². The topological polar surface area (TPSA) is 55.6 Å². The smallest absolute Gasteiger partial charge is 0.410 e. The van der Waals surface area contributed by atoms with Crippen LogP contribution in [-0.4, -0.2) is 23.1 Å². The Kier molecular flexibility index (Phi) is 3.63. The zero-order valence-electron chi connectivity index (χ0n) is 11.5. The summed E-state index contributed by atoms with van der Waals surface area (Å²) in [5.74, 6) is 0. The van der Waals surface area contributed by atoms with Gasteiger partial charge in [-0.25, -0.2) is 4.79 Å². The fraction of sp³-hybridized carbons (Fsp3) is 0.500. The van der Waals surface area contributed by atoms with Crippen LogP contribution in [0, 0.1) is 0 Å². The van der Waals surface area contributed by atoms with Crippen LogP contribution in [0.15, 0.2) is 12.1 Å². The molecular weight excluding hydrogens is 264 g/mol. The van der Waals surface area contributed by atoms with Crippen molar-refractivity contribution in [2.75, 3.05) is 12.3 Å². The molecule has 2 N–H and O–H groups in total. The van der Waals surface area contributed by atoms with Gasteiger partial charge in [0.25, 0.3) is 0 Å². The largest absolute Gasteiger partial charge is 0.444 e. The molecule has 1 amide bonds. The number of hydrogen-bond acceptors (Lipinski definition) is 3. The third-order valence-corrected chi connectivity index (χ3v) is 3.31. The van der Waals surface area contributed by atoms with E-state index in [0.29, 0.717) is 23.8 Å². The lowest BCUT2D eigenvalue weighted by Crippen LogP contribution is -2.39. The van der Waals surface area contributed by atoms with Crippen LogP contribution in [0.5, 0.6) is 0 Å². The number of amides is 1. The Morgan fingerprint density at radius 1 is 1.37 bits per heavy atom. The number of carbonyl (C=O) groups excluding carboxylic acids is 1. The number of nitrogen functional groups attached to an aromatic ring is 1. The number of benzene rings is 1. The summed E-state index contributed by atoms with van der Waals surface area (Å²) in [6, 6.07) is 3.73. The van der Waals surface area contributed by atoms with Gasteiger partial charge in [-0.1, -0.05) is 11.6 Å². The first kappa shape index (κ1) is 14.0. The van der Waals surface area contributed by atoms with Gasteiger partial charge in [-0.05, 0) is 50.5 Å². The van der Waals surface area contributed by atoms with Crippen molar-refractivity contribution in [2.45, 2.75) is 39.3 Å². The zero-order valence-corrected chi connectivity index (χ0v) is 12.3. The van der Waals surface area contributed by atoms with Crippen molar-refractivity contribution in [1.82, 2.24) is 4.90 Å². The first-order valence-electron chi connectivity index (χ1n) is 6.31. The number of carbonyl (C=O) groups is 1. The molecule has 0 aromatic heterocycles. The minimum Gasteiger partial charge on any atom is -0.444 e. The molecule has 104 valence electrons. The van der Waals surface area contributed by atoms with E-state index in [4.69, 9.17) is 22.1 Å². The Morgan fingerprint density at radius 3 is 2.68 bits per heavy atom. The first-order chi connectivity index (χ1) is 8.76. The number of nitrogens with zero attached hydrogens (tertiary/aromatic N) is 1. The highest BCUT2D eigenvalue weighted by molar-refractivity contribution is 6.33. The van der Waals surface area contributed by atoms with Crippen molar-refractivity contribution >= 4 is 23.4 Å². The quantitative estimate of drug-likeness (QED) is 0.743. The van der Waals surface area contributed by atoms with Crippen LogP contribution in [0.25, 0.3) is 0 Å². The molecule has 2 rings (SSSR count). The molecule has 0 saturated carbocycles. The molecule has 0 saturated heterocycles. The standard InChI is InChI=1S/C14H19ClN2O2/c1-14(2,3)19-13(18)17-5-4-9-6-11(15)12(16)7-10(9)8-17/h6-7H,4-5,8,16H2,1-3H3. The van der Waals surface area contributed by atoms with Crippen molar-refractivity contribution in [3.63, 3.8) is 0 Å². The third-order valence-electron chi connectivity index (χ3n) is 2.98. The molecule has 1 heterocycles. The maximum absolute atomic E-state index is 12.0. The summed E-state index contributed by atoms with van der Waals surface area (Å²) in [5, 5.41) is 0.574. The number of halogens is 1. The molecule has 5 heteroatoms. The highest BCUT2D eigenvalue weighted by atomic mass is 35.5. The summed E-state index contributed by atoms with van der Waals surface area (Å²) in [6.45, 7) is 6.75. The lowest BCUT2D eigenvalue weighted by atomic mass is 9.99. The van der Waals surface area contributed by atoms with E-state index in [1.165, 1.54) is 0 Å². The average Bonchev–Trinajstić information content (AvgIpc) is 2.27. The van der Waals surface area contributed by atoms with E-state index in [1.54, 1.807) is 4.90 Å². The van der Waals surface area contributed by atoms with E-state index in [1.807, 2.05) is 32.9 Å². The molecule has 1 aromatic carbocycles. The molecule has 0 unspecified atom stereocenters. The highest BCUT2D eigenvalue weighted by Gasteiger charge is 2.26. The normalized spacial score (nSPS) is 15.1. The molecule has 19 heavy (non-hydrogen) atoms. The van der Waals surface area contributed by atoms with Crippen LogP contribution >= 0.6 is 11.6 Å². The van der Waals surface area contributed by atoms with Crippen LogP contribution in [0.1, 0.15) is 31.9 Å². The molecular formula is C14H19ClN2O2. The summed E-state index contributed by atoms with van der Waals surface area (Å²) in [7, 11) is 0. The first-order valence-corrected chi connectivity index (χ1v) is 6.69. The fourth-order valence-corrected chi connectivity index (χ4v) is 2.27. The lowest BCUT2D eigenvalue weighted by molar-refractivity contribution is 0.0224. The number of anilines is 1. The number of ether oxygens (including phenoxy) is 1. The second-order valence-electron chi connectivity index (χ2n) is 5.79. The van der Waals surface area contributed by atoms with E-state index in [2.05, 4.69) is 0 Å². The predicted octanol–water partition coefficient (Wildman–Crippen LogP) is 3.22. The highest BCUT2D eigenvalue weighted by Crippen LogP contribution is 2.28. The summed E-state index contributed by atoms with van der Waals surface area (Å²) >= 11 is 6.00. The fourth-order valence-electron chi connectivity index (χ4n) is 2.08. The zero-order chi connectivity index (χ0) is 14.2. The van der Waals surface area contributed by atoms with Gasteiger partial charge in [0.05, 0.1) is 10.7 Å². The minimum absolute atomic E-state index is 0.285. The van der Waals surface area contributed by atoms with Gasteiger partial charge in [-0.2, -0.15) is 0 Å². The molecule has 0 aliphatic carbocycles. The van der Waals surface area contributed by atoms with E-state index in [0.717, 1.165) is 17.5 Å². The van der Waals surface area contributed by atoms with Crippen LogP contribution < -0.4 is 5.73 Å². The lowest BCUT2D eigenvalue weighted by Gasteiger charge is -2.31. The molecule has 0 radical (unpaired) electrons. The van der Waals surface area contributed by atoms with Gasteiger partial charge in [-0.15, -0.1) is 0 Å². The van der Waals surface area contributed by atoms with E-state index in [9.17, 15) is 4.79 Å². The third kappa shape index (κ3) is 3.32. The molecule has 1 aliphatic heterocycles. The van der Waals surface area contributed by atoms with Crippen LogP contribution in [-0.2, 0) is 17.7 Å². The second kappa shape index (κ2) is 4.93. The Hall–Kier alpha value is -1.42. The van der Waals surface area contributed by atoms with Crippen LogP contribution in [0.3, 0.4) is 0 Å². The summed E-state index contributed by atoms with van der Waals surface area (Å²) in [6.07, 6.45) is 0.487. The number of rotatable bonds is 0. The summed E-state index contributed by atoms with van der Waals surface area (Å²) < 4.78 is 5.38. The van der Waals surface area contributed by atoms with Crippen molar-refractivity contribution in [2.24, 2.45) is 0 Å². The van der Waals surface area contributed by atoms with E-state index >= 15 is 0 Å². The van der Waals surface area contributed by atoms with Gasteiger partial charge in [0, 0.05) is 13.1 Å². The van der Waals surface area contributed by atoms with E-state index < -0.39 is 5.60 Å². The molecule has 0 fully saturated rings. The average molecular weight is 283 g/mol. The molecule has 0 bridgehead atoms. The number of fused-ring (bicyclic) bond motifs is 1. The summed E-state index contributed by atoms with van der Waals surface area (Å²) in [5.41, 5.74) is 8.07. The van der Waals surface area contributed by atoms with Crippen molar-refractivity contribution in [3.8, 4) is 0 Å². The Morgan fingerprint density at radius 2 is 2.05 bits per heavy atom. The summed E-state index contributed by atoms with van der Waals surface area (Å²) in [4.78, 5) is 13.7. The van der Waals surface area contributed by atoms with Gasteiger partial charge in [0.1, 0.15) is 5.60 Å². The van der Waals surface area contributed by atoms with Crippen molar-refractivity contribution in [3.05, 3.63) is 28.3 Å². The molecule has 4 nitrogen and oxygen atoms in total. The van der Waals surface area contributed by atoms with E-state index in [-0.39, 0.29) is 6.09 Å². The minimum atomic E-state index is -0.476.